The third-order valence-electron chi connectivity index (χ3n) is 3.39. The Balaban J connectivity index is 2.25. The molecule has 130 valence electrons. The van der Waals surface area contributed by atoms with Crippen LogP contribution < -0.4 is 10.1 Å². The number of nitrogens with one attached hydrogen (secondary N) is 1. The lowest BCUT2D eigenvalue weighted by molar-refractivity contribution is -0.142. The average Bonchev–Trinajstić information content (AvgIpc) is 2.53. The fourth-order valence-corrected chi connectivity index (χ4v) is 2.21. The molecule has 0 unspecified atom stereocenters. The van der Waals surface area contributed by atoms with E-state index in [9.17, 15) is 4.79 Å². The maximum atomic E-state index is 11.4. The average molecular weight is 342 g/mol. The van der Waals surface area contributed by atoms with Crippen LogP contribution in [0, 0.1) is 0 Å². The summed E-state index contributed by atoms with van der Waals surface area (Å²) in [6, 6.07) is 5.77. The monoisotopic (exact) mass is 341 g/mol. The lowest BCUT2D eigenvalue weighted by atomic mass is 10.1. The van der Waals surface area contributed by atoms with Gasteiger partial charge >= 0.3 is 5.97 Å². The molecule has 1 aromatic carbocycles. The number of esters is 1. The van der Waals surface area contributed by atoms with Crippen LogP contribution in [0.4, 0.5) is 0 Å². The molecule has 0 aromatic heterocycles. The molecule has 0 atom stereocenters. The standard InChI is InChI=1S/C18H28ClNO3/c1-3-5-11-22-16-8-7-15(17(19)13-16)9-10-20-14-18(21)23-12-6-4-2/h7-8,13,20H,3-6,9-12,14H2,1-2H3. The first-order valence-electron chi connectivity index (χ1n) is 8.45. The van der Waals surface area contributed by atoms with Crippen LogP contribution in [0.2, 0.25) is 5.02 Å². The topological polar surface area (TPSA) is 47.6 Å². The third-order valence-corrected chi connectivity index (χ3v) is 3.74. The van der Waals surface area contributed by atoms with Gasteiger partial charge in [-0.2, -0.15) is 0 Å². The van der Waals surface area contributed by atoms with Crippen molar-refractivity contribution in [1.29, 1.82) is 0 Å². The van der Waals surface area contributed by atoms with Gasteiger partial charge in [0.05, 0.1) is 19.8 Å². The highest BCUT2D eigenvalue weighted by molar-refractivity contribution is 6.31. The van der Waals surface area contributed by atoms with Crippen LogP contribution in [0.3, 0.4) is 0 Å². The van der Waals surface area contributed by atoms with E-state index in [0.717, 1.165) is 43.4 Å². The normalized spacial score (nSPS) is 10.6. The van der Waals surface area contributed by atoms with Gasteiger partial charge in [-0.05, 0) is 43.5 Å². The summed E-state index contributed by atoms with van der Waals surface area (Å²) in [7, 11) is 0. The highest BCUT2D eigenvalue weighted by Crippen LogP contribution is 2.23. The summed E-state index contributed by atoms with van der Waals surface area (Å²) < 4.78 is 10.7. The number of ether oxygens (including phenoxy) is 2. The van der Waals surface area contributed by atoms with E-state index in [4.69, 9.17) is 21.1 Å². The van der Waals surface area contributed by atoms with E-state index in [1.165, 1.54) is 0 Å². The van der Waals surface area contributed by atoms with Gasteiger partial charge in [0.2, 0.25) is 0 Å². The lowest BCUT2D eigenvalue weighted by Crippen LogP contribution is -2.26. The molecule has 0 spiro atoms. The summed E-state index contributed by atoms with van der Waals surface area (Å²) >= 11 is 6.27. The van der Waals surface area contributed by atoms with Gasteiger partial charge in [-0.15, -0.1) is 0 Å². The number of rotatable bonds is 12. The third kappa shape index (κ3) is 8.82. The van der Waals surface area contributed by atoms with Crippen LogP contribution in [0.15, 0.2) is 18.2 Å². The first kappa shape index (κ1) is 19.8. The summed E-state index contributed by atoms with van der Waals surface area (Å²) in [4.78, 5) is 11.4. The molecular weight excluding hydrogens is 314 g/mol. The largest absolute Gasteiger partial charge is 0.494 e. The number of hydrogen-bond acceptors (Lipinski definition) is 4. The SMILES string of the molecule is CCCCOC(=O)CNCCc1ccc(OCCCC)cc1Cl. The van der Waals surface area contributed by atoms with Gasteiger partial charge in [0.15, 0.2) is 0 Å². The summed E-state index contributed by atoms with van der Waals surface area (Å²) in [5, 5.41) is 3.78. The van der Waals surface area contributed by atoms with E-state index in [2.05, 4.69) is 19.2 Å². The van der Waals surface area contributed by atoms with Crippen molar-refractivity contribution < 1.29 is 14.3 Å². The maximum Gasteiger partial charge on any atom is 0.319 e. The molecule has 0 aliphatic carbocycles. The zero-order chi connectivity index (χ0) is 16.9. The molecule has 1 aromatic rings. The fourth-order valence-electron chi connectivity index (χ4n) is 1.95. The van der Waals surface area contributed by atoms with E-state index < -0.39 is 0 Å². The van der Waals surface area contributed by atoms with Gasteiger partial charge in [0.25, 0.3) is 0 Å². The first-order valence-corrected chi connectivity index (χ1v) is 8.82. The zero-order valence-electron chi connectivity index (χ0n) is 14.2. The molecule has 0 bridgehead atoms. The van der Waals surface area contributed by atoms with Crippen molar-refractivity contribution in [1.82, 2.24) is 5.32 Å². The fraction of sp³-hybridized carbons (Fsp3) is 0.611. The Hall–Kier alpha value is -1.26. The van der Waals surface area contributed by atoms with Gasteiger partial charge in [0.1, 0.15) is 5.75 Å². The van der Waals surface area contributed by atoms with Crippen molar-refractivity contribution in [3.8, 4) is 5.75 Å². The zero-order valence-corrected chi connectivity index (χ0v) is 15.0. The molecule has 0 heterocycles. The Morgan fingerprint density at radius 2 is 1.91 bits per heavy atom. The number of carbonyl (C=O) groups excluding carboxylic acids is 1. The lowest BCUT2D eigenvalue weighted by Gasteiger charge is -2.09. The molecule has 0 aliphatic rings. The minimum Gasteiger partial charge on any atom is -0.494 e. The Bertz CT molecular complexity index is 466. The van der Waals surface area contributed by atoms with Crippen molar-refractivity contribution in [2.45, 2.75) is 46.0 Å². The molecule has 0 saturated heterocycles. The van der Waals surface area contributed by atoms with Gasteiger partial charge in [-0.25, -0.2) is 0 Å². The number of unbranched alkanes of at least 4 members (excludes halogenated alkanes) is 2. The van der Waals surface area contributed by atoms with Gasteiger partial charge in [-0.1, -0.05) is 44.4 Å². The highest BCUT2D eigenvalue weighted by Gasteiger charge is 2.05. The molecule has 23 heavy (non-hydrogen) atoms. The van der Waals surface area contributed by atoms with Gasteiger partial charge in [-0.3, -0.25) is 4.79 Å². The van der Waals surface area contributed by atoms with Gasteiger partial charge < -0.3 is 14.8 Å². The molecule has 0 saturated carbocycles. The summed E-state index contributed by atoms with van der Waals surface area (Å²) in [5.74, 6) is 0.601. The second kappa shape index (κ2) is 12.2. The minimum atomic E-state index is -0.204. The maximum absolute atomic E-state index is 11.4. The smallest absolute Gasteiger partial charge is 0.319 e. The number of benzene rings is 1. The van der Waals surface area contributed by atoms with E-state index in [-0.39, 0.29) is 12.5 Å². The molecule has 1 N–H and O–H groups in total. The van der Waals surface area contributed by atoms with Crippen molar-refractivity contribution in [2.24, 2.45) is 0 Å². The first-order chi connectivity index (χ1) is 11.2. The number of carbonyl (C=O) groups is 1. The van der Waals surface area contributed by atoms with E-state index in [0.29, 0.717) is 24.8 Å². The molecular formula is C18H28ClNO3. The molecule has 5 heteroatoms. The predicted octanol–water partition coefficient (Wildman–Crippen LogP) is 3.99. The van der Waals surface area contributed by atoms with Crippen LogP contribution in [-0.4, -0.2) is 32.3 Å². The molecule has 0 fully saturated rings. The Labute approximate surface area is 144 Å². The van der Waals surface area contributed by atoms with Crippen molar-refractivity contribution >= 4 is 17.6 Å². The molecule has 0 aliphatic heterocycles. The predicted molar refractivity (Wildman–Crippen MR) is 94.3 cm³/mol. The number of hydrogen-bond donors (Lipinski definition) is 1. The second-order valence-corrected chi connectivity index (χ2v) is 5.86. The quantitative estimate of drug-likeness (QED) is 0.461. The molecule has 0 amide bonds. The van der Waals surface area contributed by atoms with Crippen LogP contribution in [-0.2, 0) is 16.0 Å². The van der Waals surface area contributed by atoms with Gasteiger partial charge in [0, 0.05) is 5.02 Å². The summed E-state index contributed by atoms with van der Waals surface area (Å²) in [6.45, 7) is 6.33. The van der Waals surface area contributed by atoms with Crippen LogP contribution >= 0.6 is 11.6 Å². The Morgan fingerprint density at radius 3 is 2.61 bits per heavy atom. The Kier molecular flexibility index (Phi) is 10.5. The number of halogens is 1. The minimum absolute atomic E-state index is 0.204. The summed E-state index contributed by atoms with van der Waals surface area (Å²) in [5.41, 5.74) is 1.04. The van der Waals surface area contributed by atoms with Crippen LogP contribution in [0.5, 0.6) is 5.75 Å². The van der Waals surface area contributed by atoms with Crippen LogP contribution in [0.1, 0.15) is 45.1 Å². The van der Waals surface area contributed by atoms with Crippen molar-refractivity contribution in [3.63, 3.8) is 0 Å². The molecule has 1 rings (SSSR count). The van der Waals surface area contributed by atoms with E-state index in [1.807, 2.05) is 18.2 Å². The second-order valence-electron chi connectivity index (χ2n) is 5.46. The molecule has 4 nitrogen and oxygen atoms in total. The van der Waals surface area contributed by atoms with Crippen LogP contribution in [0.25, 0.3) is 0 Å². The summed E-state index contributed by atoms with van der Waals surface area (Å²) in [6.07, 6.45) is 4.84. The van der Waals surface area contributed by atoms with E-state index in [1.54, 1.807) is 0 Å². The Morgan fingerprint density at radius 1 is 1.17 bits per heavy atom. The van der Waals surface area contributed by atoms with E-state index >= 15 is 0 Å². The van der Waals surface area contributed by atoms with Crippen molar-refractivity contribution in [3.05, 3.63) is 28.8 Å². The van der Waals surface area contributed by atoms with Crippen molar-refractivity contribution in [2.75, 3.05) is 26.3 Å². The highest BCUT2D eigenvalue weighted by atomic mass is 35.5. The molecule has 0 radical (unpaired) electrons.